The van der Waals surface area contributed by atoms with E-state index in [9.17, 15) is 0 Å². The van der Waals surface area contributed by atoms with Crippen LogP contribution in [0.4, 0.5) is 0 Å². The van der Waals surface area contributed by atoms with Gasteiger partial charge in [0.25, 0.3) is 0 Å². The molecule has 0 aromatic rings. The van der Waals surface area contributed by atoms with Crippen molar-refractivity contribution in [2.75, 3.05) is 0 Å². The van der Waals surface area contributed by atoms with Gasteiger partial charge in [-0.05, 0) is 0 Å². The molecule has 0 amide bonds. The van der Waals surface area contributed by atoms with Crippen LogP contribution in [0, 0.1) is 0 Å². The van der Waals surface area contributed by atoms with Gasteiger partial charge in [0.1, 0.15) is 0 Å². The number of hydrogen-bond acceptors (Lipinski definition) is 0. The molecule has 0 bridgehead atoms. The van der Waals surface area contributed by atoms with E-state index in [1.54, 1.807) is 0 Å². The van der Waals surface area contributed by atoms with E-state index >= 15 is 0 Å². The van der Waals surface area contributed by atoms with Gasteiger partial charge in [0.15, 0.2) is 0 Å². The molecule has 0 aromatic heterocycles. The summed E-state index contributed by atoms with van der Waals surface area (Å²) in [5.41, 5.74) is 0. The zero-order chi connectivity index (χ0) is 0. The van der Waals surface area contributed by atoms with Crippen LogP contribution in [-0.4, -0.2) is 0 Å². The van der Waals surface area contributed by atoms with Crippen LogP contribution in [-0.2, 0) is 77.5 Å². The van der Waals surface area contributed by atoms with Gasteiger partial charge in [-0.15, -0.1) is 0 Å². The minimum Gasteiger partial charge on any atom is -2.00 e. The van der Waals surface area contributed by atoms with E-state index in [0.29, 0.717) is 0 Å². The molecule has 6 heavy (non-hydrogen) atoms. The van der Waals surface area contributed by atoms with Crippen molar-refractivity contribution in [2.24, 2.45) is 0 Å². The van der Waals surface area contributed by atoms with Gasteiger partial charge in [-0.1, -0.05) is 0 Å². The van der Waals surface area contributed by atoms with Crippen molar-refractivity contribution in [3.05, 3.63) is 0 Å². The van der Waals surface area contributed by atoms with Crippen molar-refractivity contribution in [3.63, 3.8) is 0 Å². The maximum absolute atomic E-state index is 0. The summed E-state index contributed by atoms with van der Waals surface area (Å²) in [6.45, 7) is 0. The van der Waals surface area contributed by atoms with Crippen LogP contribution in [0.5, 0.6) is 0 Å². The molecule has 0 spiro atoms. The van der Waals surface area contributed by atoms with Crippen LogP contribution in [0.2, 0.25) is 0 Å². The number of rotatable bonds is 0. The Morgan fingerprint density at radius 1 is 1.00 bits per heavy atom. The molecule has 0 N–H and O–H groups in total. The molecule has 0 aliphatic heterocycles. The first-order chi connectivity index (χ1) is 0. The Bertz CT molecular complexity index is 15.5. The quantitative estimate of drug-likeness (QED) is 0.403. The average Bonchev–Trinajstić information content (AvgIpc) is 0. The Kier molecular flexibility index (Phi) is 527. The zero-order valence-corrected chi connectivity index (χ0v) is 7.71. The van der Waals surface area contributed by atoms with E-state index in [1.165, 1.54) is 0 Å². The van der Waals surface area contributed by atoms with Crippen LogP contribution >= 0.6 is 0 Å². The third-order valence-electron chi connectivity index (χ3n) is 0. The van der Waals surface area contributed by atoms with E-state index in [-0.39, 0.29) is 96.4 Å². The van der Waals surface area contributed by atoms with Crippen molar-refractivity contribution < 1.29 is 96.4 Å². The summed E-state index contributed by atoms with van der Waals surface area (Å²) in [5, 5.41) is 0. The monoisotopic (exact) mass is 243 g/mol. The molecule has 0 fully saturated rings. The van der Waals surface area contributed by atoms with Crippen LogP contribution in [0.1, 0.15) is 0 Å². The van der Waals surface area contributed by atoms with Crippen LogP contribution in [0.3, 0.4) is 0 Å². The molecule has 6 heteroatoms. The Morgan fingerprint density at radius 3 is 1.00 bits per heavy atom. The van der Waals surface area contributed by atoms with Crippen molar-refractivity contribution in [3.8, 4) is 0 Å². The molecular weight excluding hydrogens is 243 g/mol. The van der Waals surface area contributed by atoms with Gasteiger partial charge < -0.3 is 5.48 Å². The van der Waals surface area contributed by atoms with Crippen LogP contribution < -0.4 is 18.9 Å². The van der Waals surface area contributed by atoms with Gasteiger partial charge in [0.2, 0.25) is 0 Å². The predicted octanol–water partition coefficient (Wildman–Crippen LogP) is -3.12. The van der Waals surface area contributed by atoms with Crippen molar-refractivity contribution in [2.45, 2.75) is 0 Å². The van der Waals surface area contributed by atoms with E-state index in [1.807, 2.05) is 0 Å². The van der Waals surface area contributed by atoms with Gasteiger partial charge in [0, 0.05) is 0 Å². The minimum absolute atomic E-state index is 0. The van der Waals surface area contributed by atoms with Crippen molar-refractivity contribution >= 4 is 0 Å². The third kappa shape index (κ3) is 29.2. The molecule has 28 valence electrons. The Labute approximate surface area is 95.1 Å². The fourth-order valence-corrected chi connectivity index (χ4v) is 0. The van der Waals surface area contributed by atoms with Gasteiger partial charge in [-0.3, -0.25) is 0 Å². The van der Waals surface area contributed by atoms with Gasteiger partial charge in [-0.25, -0.2) is 0 Å². The summed E-state index contributed by atoms with van der Waals surface area (Å²) in [6.07, 6.45) is 0. The summed E-state index contributed by atoms with van der Waals surface area (Å²) in [6, 6.07) is 0. The summed E-state index contributed by atoms with van der Waals surface area (Å²) >= 11 is 0. The molecule has 0 saturated heterocycles. The van der Waals surface area contributed by atoms with Gasteiger partial charge in [-0.2, -0.15) is 0 Å². The first-order valence-corrected chi connectivity index (χ1v) is 0. The maximum Gasteiger partial charge on any atom is 4.00 e. The van der Waals surface area contributed by atoms with Crippen LogP contribution in [0.25, 0.3) is 0 Å². The Morgan fingerprint density at radius 2 is 1.00 bits per heavy atom. The fourth-order valence-electron chi connectivity index (χ4n) is 0. The molecule has 2 radical (unpaired) electrons. The Balaban J connectivity index is 0. The van der Waals surface area contributed by atoms with Crippen molar-refractivity contribution in [1.82, 2.24) is 0 Å². The average molecular weight is 243 g/mol. The normalized spacial score (nSPS) is 0. The molecular formula is CoLiMnNiOTi+9. The van der Waals surface area contributed by atoms with Gasteiger partial charge >= 0.3 is 90.9 Å². The SMILES string of the molecule is [Co+2].[Li+].[Mn+2].[Ni+2].[O-2].[Ti+4]. The smallest absolute Gasteiger partial charge is 2.00 e. The maximum atomic E-state index is 0. The Hall–Kier alpha value is 2.79. The molecule has 0 atom stereocenters. The first-order valence-electron chi connectivity index (χ1n) is 0. The predicted molar refractivity (Wildman–Crippen MR) is 0.686 cm³/mol. The summed E-state index contributed by atoms with van der Waals surface area (Å²) < 4.78 is 0. The molecule has 0 saturated carbocycles. The fraction of sp³-hybridized carbons (Fsp3) is 0. The third-order valence-corrected chi connectivity index (χ3v) is 0. The minimum atomic E-state index is 0. The second-order valence-corrected chi connectivity index (χ2v) is 0. The molecule has 0 aliphatic rings. The molecule has 0 heterocycles. The topological polar surface area (TPSA) is 28.5 Å². The van der Waals surface area contributed by atoms with E-state index in [2.05, 4.69) is 0 Å². The summed E-state index contributed by atoms with van der Waals surface area (Å²) in [5.74, 6) is 0. The zero-order valence-electron chi connectivity index (χ0n) is 2.94. The molecule has 1 nitrogen and oxygen atoms in total. The molecule has 0 rings (SSSR count). The summed E-state index contributed by atoms with van der Waals surface area (Å²) in [4.78, 5) is 0. The van der Waals surface area contributed by atoms with E-state index in [4.69, 9.17) is 0 Å². The van der Waals surface area contributed by atoms with E-state index in [0.717, 1.165) is 0 Å². The van der Waals surface area contributed by atoms with Crippen molar-refractivity contribution in [1.29, 1.82) is 0 Å². The largest absolute Gasteiger partial charge is 4.00 e. The molecule has 0 unspecified atom stereocenters. The second kappa shape index (κ2) is 46.1. The first kappa shape index (κ1) is 68.5. The molecule has 0 aliphatic carbocycles. The summed E-state index contributed by atoms with van der Waals surface area (Å²) in [7, 11) is 0. The van der Waals surface area contributed by atoms with Gasteiger partial charge in [0.05, 0.1) is 0 Å². The van der Waals surface area contributed by atoms with Crippen LogP contribution in [0.15, 0.2) is 0 Å². The second-order valence-electron chi connectivity index (χ2n) is 0. The van der Waals surface area contributed by atoms with E-state index < -0.39 is 0 Å². The standard InChI is InChI=1S/Co.Li.Mn.Ni.O.Ti/q+2;+1;2*+2;-2;+4. The molecule has 0 aromatic carbocycles. The number of hydrogen-bond donors (Lipinski definition) is 0.